The maximum atomic E-state index is 5.78. The second kappa shape index (κ2) is 9.17. The van der Waals surface area contributed by atoms with Gasteiger partial charge < -0.3 is 9.47 Å². The van der Waals surface area contributed by atoms with Crippen molar-refractivity contribution in [2.24, 2.45) is 0 Å². The molecule has 0 rings (SSSR count). The zero-order valence-electron chi connectivity index (χ0n) is 11.0. The highest BCUT2D eigenvalue weighted by Crippen LogP contribution is 2.25. The third-order valence-electron chi connectivity index (χ3n) is 2.76. The standard InChI is InChI=1S/C13H28O2/c1-5-9-10-11-12-13(6-2,14-7-3)15-8-4/h5-12H2,1-4H3. The predicted molar refractivity (Wildman–Crippen MR) is 65.0 cm³/mol. The zero-order chi connectivity index (χ0) is 11.6. The van der Waals surface area contributed by atoms with E-state index in [4.69, 9.17) is 9.47 Å². The number of ether oxygens (including phenoxy) is 2. The molecule has 15 heavy (non-hydrogen) atoms. The molecule has 0 amide bonds. The first kappa shape index (κ1) is 14.9. The summed E-state index contributed by atoms with van der Waals surface area (Å²) in [4.78, 5) is 0. The van der Waals surface area contributed by atoms with Crippen LogP contribution in [-0.2, 0) is 9.47 Å². The summed E-state index contributed by atoms with van der Waals surface area (Å²) >= 11 is 0. The lowest BCUT2D eigenvalue weighted by Gasteiger charge is -2.32. The van der Waals surface area contributed by atoms with Crippen LogP contribution in [-0.4, -0.2) is 19.0 Å². The lowest BCUT2D eigenvalue weighted by atomic mass is 10.0. The molecule has 0 aromatic rings. The van der Waals surface area contributed by atoms with Gasteiger partial charge in [0.25, 0.3) is 0 Å². The first-order valence-electron chi connectivity index (χ1n) is 6.52. The average Bonchev–Trinajstić information content (AvgIpc) is 2.25. The van der Waals surface area contributed by atoms with Gasteiger partial charge in [-0.15, -0.1) is 0 Å². The fraction of sp³-hybridized carbons (Fsp3) is 1.00. The first-order valence-corrected chi connectivity index (χ1v) is 6.52. The third kappa shape index (κ3) is 6.16. The fourth-order valence-electron chi connectivity index (χ4n) is 1.91. The Kier molecular flexibility index (Phi) is 9.12. The average molecular weight is 216 g/mol. The number of hydrogen-bond donors (Lipinski definition) is 0. The van der Waals surface area contributed by atoms with E-state index in [1.807, 2.05) is 13.8 Å². The Labute approximate surface area is 95.3 Å². The van der Waals surface area contributed by atoms with E-state index in [-0.39, 0.29) is 5.79 Å². The molecular formula is C13H28O2. The molecule has 92 valence electrons. The summed E-state index contributed by atoms with van der Waals surface area (Å²) in [7, 11) is 0. The smallest absolute Gasteiger partial charge is 0.167 e. The largest absolute Gasteiger partial charge is 0.350 e. The van der Waals surface area contributed by atoms with Crippen LogP contribution in [0.2, 0.25) is 0 Å². The van der Waals surface area contributed by atoms with Gasteiger partial charge in [0.05, 0.1) is 0 Å². The maximum absolute atomic E-state index is 5.78. The van der Waals surface area contributed by atoms with Gasteiger partial charge in [-0.05, 0) is 26.7 Å². The quantitative estimate of drug-likeness (QED) is 0.404. The molecule has 0 aromatic carbocycles. The Morgan fingerprint density at radius 2 is 1.40 bits per heavy atom. The van der Waals surface area contributed by atoms with Gasteiger partial charge in [0.2, 0.25) is 0 Å². The van der Waals surface area contributed by atoms with E-state index < -0.39 is 0 Å². The van der Waals surface area contributed by atoms with Gasteiger partial charge in [-0.2, -0.15) is 0 Å². The van der Waals surface area contributed by atoms with E-state index in [0.29, 0.717) is 0 Å². The van der Waals surface area contributed by atoms with Crippen LogP contribution in [0.25, 0.3) is 0 Å². The highest BCUT2D eigenvalue weighted by Gasteiger charge is 2.28. The van der Waals surface area contributed by atoms with Gasteiger partial charge in [-0.1, -0.05) is 33.1 Å². The normalized spacial score (nSPS) is 12.0. The van der Waals surface area contributed by atoms with Gasteiger partial charge in [-0.3, -0.25) is 0 Å². The Morgan fingerprint density at radius 3 is 1.80 bits per heavy atom. The molecule has 0 aliphatic carbocycles. The van der Waals surface area contributed by atoms with Crippen LogP contribution in [0.5, 0.6) is 0 Å². The summed E-state index contributed by atoms with van der Waals surface area (Å²) in [5, 5.41) is 0. The highest BCUT2D eigenvalue weighted by molar-refractivity contribution is 4.68. The lowest BCUT2D eigenvalue weighted by Crippen LogP contribution is -2.35. The maximum Gasteiger partial charge on any atom is 0.167 e. The molecule has 0 aliphatic rings. The summed E-state index contributed by atoms with van der Waals surface area (Å²) in [6, 6.07) is 0. The summed E-state index contributed by atoms with van der Waals surface area (Å²) in [5.41, 5.74) is 0. The van der Waals surface area contributed by atoms with Crippen molar-refractivity contribution >= 4 is 0 Å². The fourth-order valence-corrected chi connectivity index (χ4v) is 1.91. The van der Waals surface area contributed by atoms with Crippen molar-refractivity contribution in [1.82, 2.24) is 0 Å². The summed E-state index contributed by atoms with van der Waals surface area (Å²) < 4.78 is 11.6. The molecule has 2 heteroatoms. The van der Waals surface area contributed by atoms with E-state index in [2.05, 4.69) is 13.8 Å². The van der Waals surface area contributed by atoms with Gasteiger partial charge in [0.1, 0.15) is 0 Å². The van der Waals surface area contributed by atoms with Gasteiger partial charge in [0.15, 0.2) is 5.79 Å². The Bertz CT molecular complexity index is 128. The van der Waals surface area contributed by atoms with Crippen LogP contribution in [0.15, 0.2) is 0 Å². The van der Waals surface area contributed by atoms with Crippen LogP contribution < -0.4 is 0 Å². The molecule has 0 radical (unpaired) electrons. The summed E-state index contributed by atoms with van der Waals surface area (Å²) in [5.74, 6) is -0.308. The second-order valence-corrected chi connectivity index (χ2v) is 3.94. The van der Waals surface area contributed by atoms with Crippen LogP contribution >= 0.6 is 0 Å². The van der Waals surface area contributed by atoms with Crippen LogP contribution in [0.1, 0.15) is 66.2 Å². The molecule has 0 saturated heterocycles. The summed E-state index contributed by atoms with van der Waals surface area (Å²) in [6.07, 6.45) is 7.08. The third-order valence-corrected chi connectivity index (χ3v) is 2.76. The van der Waals surface area contributed by atoms with E-state index >= 15 is 0 Å². The van der Waals surface area contributed by atoms with Crippen LogP contribution in [0, 0.1) is 0 Å². The molecule has 0 N–H and O–H groups in total. The number of hydrogen-bond acceptors (Lipinski definition) is 2. The minimum absolute atomic E-state index is 0.308. The Morgan fingerprint density at radius 1 is 0.800 bits per heavy atom. The SMILES string of the molecule is CCCCCCC(CC)(OCC)OCC. The molecule has 0 bridgehead atoms. The van der Waals surface area contributed by atoms with E-state index in [1.165, 1.54) is 25.7 Å². The van der Waals surface area contributed by atoms with Crippen molar-refractivity contribution in [2.75, 3.05) is 13.2 Å². The summed E-state index contributed by atoms with van der Waals surface area (Å²) in [6.45, 7) is 9.93. The van der Waals surface area contributed by atoms with Crippen molar-refractivity contribution in [1.29, 1.82) is 0 Å². The molecule has 0 heterocycles. The van der Waals surface area contributed by atoms with E-state index in [9.17, 15) is 0 Å². The van der Waals surface area contributed by atoms with Gasteiger partial charge in [-0.25, -0.2) is 0 Å². The van der Waals surface area contributed by atoms with Gasteiger partial charge in [0, 0.05) is 19.6 Å². The molecule has 0 atom stereocenters. The van der Waals surface area contributed by atoms with E-state index in [1.54, 1.807) is 0 Å². The van der Waals surface area contributed by atoms with Crippen molar-refractivity contribution in [3.63, 3.8) is 0 Å². The molecule has 0 aliphatic heterocycles. The molecule has 0 aromatic heterocycles. The minimum Gasteiger partial charge on any atom is -0.350 e. The number of unbranched alkanes of at least 4 members (excludes halogenated alkanes) is 3. The predicted octanol–water partition coefficient (Wildman–Crippen LogP) is 4.14. The highest BCUT2D eigenvalue weighted by atomic mass is 16.7. The number of rotatable bonds is 10. The minimum atomic E-state index is -0.308. The van der Waals surface area contributed by atoms with E-state index in [0.717, 1.165) is 26.1 Å². The Hall–Kier alpha value is -0.0800. The molecule has 0 saturated carbocycles. The first-order chi connectivity index (χ1) is 7.24. The molecule has 0 fully saturated rings. The van der Waals surface area contributed by atoms with Crippen molar-refractivity contribution in [3.8, 4) is 0 Å². The molecule has 0 spiro atoms. The van der Waals surface area contributed by atoms with Crippen LogP contribution in [0.3, 0.4) is 0 Å². The topological polar surface area (TPSA) is 18.5 Å². The monoisotopic (exact) mass is 216 g/mol. The lowest BCUT2D eigenvalue weighted by molar-refractivity contribution is -0.239. The van der Waals surface area contributed by atoms with Gasteiger partial charge >= 0.3 is 0 Å². The Balaban J connectivity index is 3.96. The van der Waals surface area contributed by atoms with Crippen molar-refractivity contribution in [3.05, 3.63) is 0 Å². The van der Waals surface area contributed by atoms with Crippen LogP contribution in [0.4, 0.5) is 0 Å². The zero-order valence-corrected chi connectivity index (χ0v) is 11.0. The molecule has 2 nitrogen and oxygen atoms in total. The van der Waals surface area contributed by atoms with Crippen molar-refractivity contribution in [2.45, 2.75) is 72.0 Å². The molecule has 0 unspecified atom stereocenters. The second-order valence-electron chi connectivity index (χ2n) is 3.94. The van der Waals surface area contributed by atoms with Crippen molar-refractivity contribution < 1.29 is 9.47 Å². The molecular weight excluding hydrogens is 188 g/mol.